The van der Waals surface area contributed by atoms with Gasteiger partial charge in [-0.3, -0.25) is 0 Å². The van der Waals surface area contributed by atoms with Crippen LogP contribution in [0.3, 0.4) is 0 Å². The van der Waals surface area contributed by atoms with Crippen molar-refractivity contribution in [2.75, 3.05) is 12.8 Å². The second kappa shape index (κ2) is 6.34. The standard InChI is InChI=1S/C13H20N2O4S/c1-13(2,15-20(3,18)19)9-14-8-10-5-4-6-11(7-10)12(16)17/h4-7,14-15H,8-9H2,1-3H3,(H,16,17). The number of carboxylic acids is 1. The molecule has 0 saturated heterocycles. The molecule has 7 heteroatoms. The molecule has 20 heavy (non-hydrogen) atoms. The second-order valence-electron chi connectivity index (χ2n) is 5.37. The van der Waals surface area contributed by atoms with Gasteiger partial charge in [-0.15, -0.1) is 0 Å². The normalized spacial score (nSPS) is 12.3. The SMILES string of the molecule is CC(C)(CNCc1cccc(C(=O)O)c1)NS(C)(=O)=O. The van der Waals surface area contributed by atoms with Crippen LogP contribution >= 0.6 is 0 Å². The van der Waals surface area contributed by atoms with Gasteiger partial charge < -0.3 is 10.4 Å². The van der Waals surface area contributed by atoms with Crippen molar-refractivity contribution in [3.63, 3.8) is 0 Å². The van der Waals surface area contributed by atoms with Crippen LogP contribution in [0.1, 0.15) is 29.8 Å². The Kier molecular flexibility index (Phi) is 5.27. The lowest BCUT2D eigenvalue weighted by Crippen LogP contribution is -2.49. The highest BCUT2D eigenvalue weighted by Gasteiger charge is 2.21. The van der Waals surface area contributed by atoms with Crippen molar-refractivity contribution in [3.05, 3.63) is 35.4 Å². The summed E-state index contributed by atoms with van der Waals surface area (Å²) in [5.41, 5.74) is 0.454. The molecule has 0 aromatic heterocycles. The summed E-state index contributed by atoms with van der Waals surface area (Å²) in [5.74, 6) is -0.967. The minimum absolute atomic E-state index is 0.234. The van der Waals surface area contributed by atoms with Gasteiger partial charge in [0.15, 0.2) is 0 Å². The molecule has 0 aliphatic heterocycles. The molecule has 0 spiro atoms. The van der Waals surface area contributed by atoms with Gasteiger partial charge in [0, 0.05) is 18.6 Å². The fourth-order valence-corrected chi connectivity index (χ4v) is 2.95. The zero-order valence-electron chi connectivity index (χ0n) is 11.8. The number of rotatable bonds is 7. The molecule has 0 saturated carbocycles. The van der Waals surface area contributed by atoms with Crippen LogP contribution in [0.25, 0.3) is 0 Å². The van der Waals surface area contributed by atoms with E-state index in [1.54, 1.807) is 26.0 Å². The molecule has 0 radical (unpaired) electrons. The van der Waals surface area contributed by atoms with Gasteiger partial charge in [-0.05, 0) is 31.5 Å². The van der Waals surface area contributed by atoms with Crippen LogP contribution in [0.4, 0.5) is 0 Å². The first kappa shape index (κ1) is 16.6. The van der Waals surface area contributed by atoms with Crippen molar-refractivity contribution in [2.24, 2.45) is 0 Å². The van der Waals surface area contributed by atoms with Crippen molar-refractivity contribution in [1.29, 1.82) is 0 Å². The Morgan fingerprint density at radius 3 is 2.55 bits per heavy atom. The Balaban J connectivity index is 2.56. The van der Waals surface area contributed by atoms with Crippen LogP contribution < -0.4 is 10.0 Å². The number of hydrogen-bond acceptors (Lipinski definition) is 4. The molecule has 0 bridgehead atoms. The maximum absolute atomic E-state index is 11.2. The van der Waals surface area contributed by atoms with Crippen LogP contribution in [-0.4, -0.2) is 37.8 Å². The number of hydrogen-bond donors (Lipinski definition) is 3. The van der Waals surface area contributed by atoms with E-state index in [1.807, 2.05) is 6.07 Å². The number of benzene rings is 1. The van der Waals surface area contributed by atoms with Gasteiger partial charge >= 0.3 is 5.97 Å². The third kappa shape index (κ3) is 6.14. The lowest BCUT2D eigenvalue weighted by Gasteiger charge is -2.25. The smallest absolute Gasteiger partial charge is 0.335 e. The first-order valence-corrected chi connectivity index (χ1v) is 8.00. The fraction of sp³-hybridized carbons (Fsp3) is 0.462. The summed E-state index contributed by atoms with van der Waals surface area (Å²) in [6.07, 6.45) is 1.12. The molecule has 1 aromatic carbocycles. The molecule has 1 aromatic rings. The molecule has 3 N–H and O–H groups in total. The lowest BCUT2D eigenvalue weighted by atomic mass is 10.1. The maximum atomic E-state index is 11.2. The van der Waals surface area contributed by atoms with E-state index in [9.17, 15) is 13.2 Å². The molecule has 0 aliphatic carbocycles. The predicted molar refractivity (Wildman–Crippen MR) is 77.2 cm³/mol. The first-order chi connectivity index (χ1) is 9.09. The highest BCUT2D eigenvalue weighted by atomic mass is 32.2. The van der Waals surface area contributed by atoms with Gasteiger partial charge in [-0.25, -0.2) is 17.9 Å². The fourth-order valence-electron chi connectivity index (χ4n) is 1.87. The highest BCUT2D eigenvalue weighted by molar-refractivity contribution is 7.88. The second-order valence-corrected chi connectivity index (χ2v) is 7.12. The van der Waals surface area contributed by atoms with Crippen molar-refractivity contribution in [3.8, 4) is 0 Å². The van der Waals surface area contributed by atoms with Crippen molar-refractivity contribution >= 4 is 16.0 Å². The average molecular weight is 300 g/mol. The summed E-state index contributed by atoms with van der Waals surface area (Å²) in [6, 6.07) is 6.62. The average Bonchev–Trinajstić information content (AvgIpc) is 2.25. The number of sulfonamides is 1. The Morgan fingerprint density at radius 2 is 2.00 bits per heavy atom. The molecule has 0 unspecified atom stereocenters. The lowest BCUT2D eigenvalue weighted by molar-refractivity contribution is 0.0696. The van der Waals surface area contributed by atoms with Gasteiger partial charge in [0.1, 0.15) is 0 Å². The molecule has 1 rings (SSSR count). The van der Waals surface area contributed by atoms with Crippen LogP contribution in [0.2, 0.25) is 0 Å². The van der Waals surface area contributed by atoms with Gasteiger partial charge in [0.2, 0.25) is 10.0 Å². The minimum atomic E-state index is -3.26. The number of aromatic carboxylic acids is 1. The van der Waals surface area contributed by atoms with Gasteiger partial charge in [-0.2, -0.15) is 0 Å². The molecular weight excluding hydrogens is 280 g/mol. The largest absolute Gasteiger partial charge is 0.478 e. The molecular formula is C13H20N2O4S. The van der Waals surface area contributed by atoms with E-state index in [4.69, 9.17) is 5.11 Å². The summed E-state index contributed by atoms with van der Waals surface area (Å²) in [5, 5.41) is 12.0. The molecule has 0 aliphatic rings. The molecule has 0 heterocycles. The first-order valence-electron chi connectivity index (χ1n) is 6.11. The van der Waals surface area contributed by atoms with Crippen molar-refractivity contribution < 1.29 is 18.3 Å². The molecule has 112 valence electrons. The monoisotopic (exact) mass is 300 g/mol. The van der Waals surface area contributed by atoms with E-state index in [0.717, 1.165) is 11.8 Å². The molecule has 0 fully saturated rings. The minimum Gasteiger partial charge on any atom is -0.478 e. The Labute approximate surface area is 119 Å². The van der Waals surface area contributed by atoms with Gasteiger partial charge in [-0.1, -0.05) is 12.1 Å². The van der Waals surface area contributed by atoms with Crippen LogP contribution in [0.15, 0.2) is 24.3 Å². The summed E-state index contributed by atoms with van der Waals surface area (Å²) < 4.78 is 24.9. The number of carboxylic acid groups (broad SMARTS) is 1. The molecule has 6 nitrogen and oxygen atoms in total. The summed E-state index contributed by atoms with van der Waals surface area (Å²) >= 11 is 0. The van der Waals surface area contributed by atoms with E-state index < -0.39 is 21.5 Å². The summed E-state index contributed by atoms with van der Waals surface area (Å²) in [7, 11) is -3.26. The molecule has 0 amide bonds. The van der Waals surface area contributed by atoms with Gasteiger partial charge in [0.25, 0.3) is 0 Å². The maximum Gasteiger partial charge on any atom is 0.335 e. The highest BCUT2D eigenvalue weighted by Crippen LogP contribution is 2.06. The zero-order valence-corrected chi connectivity index (χ0v) is 12.6. The predicted octanol–water partition coefficient (Wildman–Crippen LogP) is 0.802. The van der Waals surface area contributed by atoms with E-state index in [2.05, 4.69) is 10.0 Å². The van der Waals surface area contributed by atoms with E-state index in [-0.39, 0.29) is 5.56 Å². The van der Waals surface area contributed by atoms with Crippen LogP contribution in [-0.2, 0) is 16.6 Å². The third-order valence-electron chi connectivity index (χ3n) is 2.53. The molecule has 0 atom stereocenters. The number of nitrogens with one attached hydrogen (secondary N) is 2. The van der Waals surface area contributed by atoms with E-state index >= 15 is 0 Å². The van der Waals surface area contributed by atoms with Crippen LogP contribution in [0.5, 0.6) is 0 Å². The van der Waals surface area contributed by atoms with Gasteiger partial charge in [0.05, 0.1) is 11.8 Å². The Bertz CT molecular complexity index is 582. The topological polar surface area (TPSA) is 95.5 Å². The number of carbonyl (C=O) groups is 1. The Hall–Kier alpha value is -1.44. The Morgan fingerprint density at radius 1 is 1.35 bits per heavy atom. The van der Waals surface area contributed by atoms with E-state index in [1.165, 1.54) is 6.07 Å². The summed E-state index contributed by atoms with van der Waals surface area (Å²) in [4.78, 5) is 10.8. The van der Waals surface area contributed by atoms with Crippen LogP contribution in [0, 0.1) is 0 Å². The van der Waals surface area contributed by atoms with Crippen molar-refractivity contribution in [1.82, 2.24) is 10.0 Å². The third-order valence-corrected chi connectivity index (χ3v) is 3.46. The van der Waals surface area contributed by atoms with Crippen molar-refractivity contribution in [2.45, 2.75) is 25.9 Å². The zero-order chi connectivity index (χ0) is 15.4. The summed E-state index contributed by atoms with van der Waals surface area (Å²) in [6.45, 7) is 4.44. The van der Waals surface area contributed by atoms with E-state index in [0.29, 0.717) is 13.1 Å². The quantitative estimate of drug-likeness (QED) is 0.692.